The molecular formula is C26H28N4O3. The molecule has 0 bridgehead atoms. The number of carbonyl (C=O) groups excluding carboxylic acids is 2. The molecule has 2 fully saturated rings. The molecule has 0 radical (unpaired) electrons. The fraction of sp³-hybridized carbons (Fsp3) is 0.308. The molecule has 7 heteroatoms. The van der Waals surface area contributed by atoms with E-state index >= 15 is 0 Å². The summed E-state index contributed by atoms with van der Waals surface area (Å²) >= 11 is 0. The van der Waals surface area contributed by atoms with E-state index in [9.17, 15) is 9.59 Å². The Morgan fingerprint density at radius 3 is 2.61 bits per heavy atom. The highest BCUT2D eigenvalue weighted by atomic mass is 16.5. The SMILES string of the molecule is COCCN1CC(C(=O)Nc2cccc3ccccc23)C2NN(c3ccccc3)C(=O)C2C1. The van der Waals surface area contributed by atoms with Crippen molar-refractivity contribution in [2.75, 3.05) is 43.7 Å². The molecule has 0 aromatic heterocycles. The summed E-state index contributed by atoms with van der Waals surface area (Å²) in [5.41, 5.74) is 4.93. The van der Waals surface area contributed by atoms with Crippen molar-refractivity contribution in [1.82, 2.24) is 10.3 Å². The van der Waals surface area contributed by atoms with Gasteiger partial charge < -0.3 is 10.1 Å². The number of anilines is 2. The number of hydrazine groups is 1. The number of methoxy groups -OCH3 is 1. The number of para-hydroxylation sites is 1. The number of rotatable bonds is 6. The number of amides is 2. The van der Waals surface area contributed by atoms with Gasteiger partial charge in [0, 0.05) is 37.8 Å². The van der Waals surface area contributed by atoms with Crippen molar-refractivity contribution in [3.63, 3.8) is 0 Å². The Morgan fingerprint density at radius 2 is 1.79 bits per heavy atom. The van der Waals surface area contributed by atoms with E-state index in [0.717, 1.165) is 22.1 Å². The van der Waals surface area contributed by atoms with Gasteiger partial charge in [0.2, 0.25) is 11.8 Å². The quantitative estimate of drug-likeness (QED) is 0.612. The number of ether oxygens (including phenoxy) is 1. The van der Waals surface area contributed by atoms with Gasteiger partial charge in [0.25, 0.3) is 0 Å². The standard InChI is InChI=1S/C26H28N4O3/c1-33-15-14-29-16-21(25(31)27-23-13-7-9-18-8-5-6-12-20(18)23)24-22(17-29)26(32)30(28-24)19-10-3-2-4-11-19/h2-13,21-22,24,28H,14-17H2,1H3,(H,27,31). The van der Waals surface area contributed by atoms with Crippen molar-refractivity contribution in [3.05, 3.63) is 72.8 Å². The number of nitrogens with one attached hydrogen (secondary N) is 2. The number of hydrogen-bond donors (Lipinski definition) is 2. The zero-order chi connectivity index (χ0) is 22.8. The van der Waals surface area contributed by atoms with Gasteiger partial charge in [-0.3, -0.25) is 14.5 Å². The first-order valence-electron chi connectivity index (χ1n) is 11.3. The van der Waals surface area contributed by atoms with Crippen LogP contribution >= 0.6 is 0 Å². The molecule has 2 saturated heterocycles. The summed E-state index contributed by atoms with van der Waals surface area (Å²) in [6.45, 7) is 2.39. The van der Waals surface area contributed by atoms with E-state index in [-0.39, 0.29) is 23.8 Å². The molecule has 2 aliphatic rings. The Bertz CT molecular complexity index is 1150. The van der Waals surface area contributed by atoms with E-state index in [1.165, 1.54) is 0 Å². The second-order valence-corrected chi connectivity index (χ2v) is 8.65. The number of piperidine rings is 1. The van der Waals surface area contributed by atoms with Gasteiger partial charge in [-0.05, 0) is 23.6 Å². The number of nitrogens with zero attached hydrogens (tertiary/aromatic N) is 2. The van der Waals surface area contributed by atoms with Gasteiger partial charge in [0.05, 0.1) is 30.2 Å². The summed E-state index contributed by atoms with van der Waals surface area (Å²) in [5, 5.41) is 6.82. The van der Waals surface area contributed by atoms with Crippen LogP contribution in [0.5, 0.6) is 0 Å². The van der Waals surface area contributed by atoms with Crippen LogP contribution < -0.4 is 15.8 Å². The van der Waals surface area contributed by atoms with Crippen molar-refractivity contribution in [1.29, 1.82) is 0 Å². The lowest BCUT2D eigenvalue weighted by Crippen LogP contribution is -2.56. The highest BCUT2D eigenvalue weighted by Gasteiger charge is 2.50. The van der Waals surface area contributed by atoms with Crippen LogP contribution in [0.2, 0.25) is 0 Å². The lowest BCUT2D eigenvalue weighted by atomic mass is 9.84. The number of hydrogen-bond acceptors (Lipinski definition) is 5. The first-order chi connectivity index (χ1) is 16.2. The third kappa shape index (κ3) is 4.23. The second-order valence-electron chi connectivity index (χ2n) is 8.65. The summed E-state index contributed by atoms with van der Waals surface area (Å²) in [5.74, 6) is -0.786. The lowest BCUT2D eigenvalue weighted by molar-refractivity contribution is -0.126. The van der Waals surface area contributed by atoms with Gasteiger partial charge >= 0.3 is 0 Å². The monoisotopic (exact) mass is 444 g/mol. The molecule has 170 valence electrons. The van der Waals surface area contributed by atoms with Crippen molar-refractivity contribution in [3.8, 4) is 0 Å². The molecule has 0 spiro atoms. The van der Waals surface area contributed by atoms with Gasteiger partial charge in [-0.2, -0.15) is 0 Å². The van der Waals surface area contributed by atoms with Crippen LogP contribution in [0.3, 0.4) is 0 Å². The van der Waals surface area contributed by atoms with Gasteiger partial charge in [0.15, 0.2) is 0 Å². The molecule has 0 saturated carbocycles. The van der Waals surface area contributed by atoms with Crippen LogP contribution in [0, 0.1) is 11.8 Å². The predicted octanol–water partition coefficient (Wildman–Crippen LogP) is 2.89. The average molecular weight is 445 g/mol. The minimum absolute atomic E-state index is 0.00345. The highest BCUT2D eigenvalue weighted by Crippen LogP contribution is 2.33. The maximum atomic E-state index is 13.6. The number of likely N-dealkylation sites (tertiary alicyclic amines) is 1. The predicted molar refractivity (Wildman–Crippen MR) is 129 cm³/mol. The Hall–Kier alpha value is -3.26. The number of carbonyl (C=O) groups is 2. The van der Waals surface area contributed by atoms with Gasteiger partial charge in [-0.1, -0.05) is 54.6 Å². The molecule has 3 unspecified atom stereocenters. The highest BCUT2D eigenvalue weighted by molar-refractivity contribution is 6.04. The van der Waals surface area contributed by atoms with Crippen LogP contribution in [-0.2, 0) is 14.3 Å². The van der Waals surface area contributed by atoms with Crippen molar-refractivity contribution in [2.24, 2.45) is 11.8 Å². The molecule has 0 aliphatic carbocycles. The summed E-state index contributed by atoms with van der Waals surface area (Å²) in [4.78, 5) is 29.1. The van der Waals surface area contributed by atoms with E-state index in [1.54, 1.807) is 12.1 Å². The average Bonchev–Trinajstić information content (AvgIpc) is 3.19. The molecule has 2 aliphatic heterocycles. The van der Waals surface area contributed by atoms with E-state index in [2.05, 4.69) is 15.6 Å². The van der Waals surface area contributed by atoms with Gasteiger partial charge in [-0.15, -0.1) is 0 Å². The normalized spacial score (nSPS) is 23.0. The molecule has 2 heterocycles. The third-order valence-electron chi connectivity index (χ3n) is 6.60. The summed E-state index contributed by atoms with van der Waals surface area (Å²) in [6.07, 6.45) is 0. The first kappa shape index (κ1) is 21.6. The number of fused-ring (bicyclic) bond motifs is 2. The zero-order valence-corrected chi connectivity index (χ0v) is 18.6. The molecule has 3 aromatic rings. The minimum atomic E-state index is -0.391. The van der Waals surface area contributed by atoms with Gasteiger partial charge in [0.1, 0.15) is 0 Å². The summed E-state index contributed by atoms with van der Waals surface area (Å²) < 4.78 is 5.26. The third-order valence-corrected chi connectivity index (χ3v) is 6.60. The van der Waals surface area contributed by atoms with E-state index in [4.69, 9.17) is 4.74 Å². The zero-order valence-electron chi connectivity index (χ0n) is 18.6. The molecule has 2 amide bonds. The minimum Gasteiger partial charge on any atom is -0.383 e. The van der Waals surface area contributed by atoms with E-state index in [1.807, 2.05) is 72.8 Å². The fourth-order valence-electron chi connectivity index (χ4n) is 4.92. The second kappa shape index (κ2) is 9.31. The molecule has 3 atom stereocenters. The maximum Gasteiger partial charge on any atom is 0.247 e. The Morgan fingerprint density at radius 1 is 1.03 bits per heavy atom. The number of benzene rings is 3. The first-order valence-corrected chi connectivity index (χ1v) is 11.3. The lowest BCUT2D eigenvalue weighted by Gasteiger charge is -2.38. The molecular weight excluding hydrogens is 416 g/mol. The molecule has 33 heavy (non-hydrogen) atoms. The smallest absolute Gasteiger partial charge is 0.247 e. The molecule has 7 nitrogen and oxygen atoms in total. The van der Waals surface area contributed by atoms with Crippen LogP contribution in [0.25, 0.3) is 10.8 Å². The van der Waals surface area contributed by atoms with Crippen molar-refractivity contribution < 1.29 is 14.3 Å². The molecule has 5 rings (SSSR count). The topological polar surface area (TPSA) is 73.9 Å². The van der Waals surface area contributed by atoms with E-state index in [0.29, 0.717) is 26.2 Å². The molecule has 3 aromatic carbocycles. The largest absolute Gasteiger partial charge is 0.383 e. The van der Waals surface area contributed by atoms with Crippen molar-refractivity contribution >= 4 is 34.0 Å². The van der Waals surface area contributed by atoms with Crippen LogP contribution in [-0.4, -0.2) is 56.1 Å². The fourth-order valence-corrected chi connectivity index (χ4v) is 4.92. The summed E-state index contributed by atoms with van der Waals surface area (Å²) in [6, 6.07) is 23.1. The molecule has 2 N–H and O–H groups in total. The summed E-state index contributed by atoms with van der Waals surface area (Å²) in [7, 11) is 1.66. The van der Waals surface area contributed by atoms with Crippen LogP contribution in [0.4, 0.5) is 11.4 Å². The maximum absolute atomic E-state index is 13.6. The van der Waals surface area contributed by atoms with Crippen LogP contribution in [0.15, 0.2) is 72.8 Å². The Kier molecular flexibility index (Phi) is 6.09. The van der Waals surface area contributed by atoms with Gasteiger partial charge in [-0.25, -0.2) is 10.4 Å². The Labute approximate surface area is 193 Å². The van der Waals surface area contributed by atoms with Crippen LogP contribution in [0.1, 0.15) is 0 Å². The Balaban J connectivity index is 1.42. The van der Waals surface area contributed by atoms with Crippen molar-refractivity contribution in [2.45, 2.75) is 6.04 Å². The van der Waals surface area contributed by atoms with E-state index < -0.39 is 5.92 Å².